The Morgan fingerprint density at radius 3 is 2.77 bits per heavy atom. The Morgan fingerprint density at radius 2 is 1.97 bits per heavy atom. The van der Waals surface area contributed by atoms with Gasteiger partial charge in [-0.15, -0.1) is 0 Å². The van der Waals surface area contributed by atoms with Gasteiger partial charge in [-0.05, 0) is 18.2 Å². The molecule has 1 saturated heterocycles. The molecular weight excluding hydrogens is 399 g/mol. The third kappa shape index (κ3) is 3.77. The molecule has 4 heterocycles. The zero-order chi connectivity index (χ0) is 21.4. The molecule has 9 heteroatoms. The number of pyridine rings is 1. The fraction of sp³-hybridized carbons (Fsp3) is 0.318. The summed E-state index contributed by atoms with van der Waals surface area (Å²) < 4.78 is 22.5. The van der Waals surface area contributed by atoms with Crippen molar-refractivity contribution < 1.29 is 9.13 Å². The predicted octanol–water partition coefficient (Wildman–Crippen LogP) is 2.12. The van der Waals surface area contributed by atoms with Crippen LogP contribution < -0.4 is 15.6 Å². The second-order valence-corrected chi connectivity index (χ2v) is 7.67. The van der Waals surface area contributed by atoms with Crippen molar-refractivity contribution in [1.29, 1.82) is 0 Å². The topological polar surface area (TPSA) is 77.2 Å². The van der Waals surface area contributed by atoms with Crippen molar-refractivity contribution in [2.45, 2.75) is 6.54 Å². The lowest BCUT2D eigenvalue weighted by molar-refractivity contribution is 0.228. The smallest absolute Gasteiger partial charge is 0.291 e. The van der Waals surface area contributed by atoms with Gasteiger partial charge >= 0.3 is 0 Å². The van der Waals surface area contributed by atoms with E-state index in [0.717, 1.165) is 49.0 Å². The van der Waals surface area contributed by atoms with E-state index in [4.69, 9.17) is 4.74 Å². The number of nitrogens with one attached hydrogen (secondary N) is 1. The van der Waals surface area contributed by atoms with Crippen molar-refractivity contribution in [2.24, 2.45) is 7.05 Å². The minimum Gasteiger partial charge on any atom is -0.439 e. The molecule has 0 spiro atoms. The van der Waals surface area contributed by atoms with Crippen molar-refractivity contribution >= 4 is 21.8 Å². The average molecular weight is 422 g/mol. The Kier molecular flexibility index (Phi) is 5.13. The lowest BCUT2D eigenvalue weighted by Gasteiger charge is -2.26. The van der Waals surface area contributed by atoms with Gasteiger partial charge in [-0.3, -0.25) is 9.69 Å². The molecule has 0 aliphatic carbocycles. The van der Waals surface area contributed by atoms with Gasteiger partial charge in [-0.2, -0.15) is 14.5 Å². The average Bonchev–Trinajstić information content (AvgIpc) is 3.06. The van der Waals surface area contributed by atoms with Crippen LogP contribution in [0.3, 0.4) is 0 Å². The highest BCUT2D eigenvalue weighted by Gasteiger charge is 2.16. The molecule has 1 fully saturated rings. The van der Waals surface area contributed by atoms with E-state index in [0.29, 0.717) is 17.8 Å². The number of hydrogen-bond acceptors (Lipinski definition) is 6. The molecule has 1 aromatic carbocycles. The van der Waals surface area contributed by atoms with Crippen LogP contribution in [0.4, 0.5) is 4.39 Å². The monoisotopic (exact) mass is 422 g/mol. The highest BCUT2D eigenvalue weighted by Crippen LogP contribution is 2.30. The summed E-state index contributed by atoms with van der Waals surface area (Å²) in [5.41, 5.74) is 1.33. The van der Waals surface area contributed by atoms with Gasteiger partial charge in [-0.25, -0.2) is 4.68 Å². The maximum absolute atomic E-state index is 13.3. The lowest BCUT2D eigenvalue weighted by atomic mass is 10.2. The van der Waals surface area contributed by atoms with Gasteiger partial charge in [-0.1, -0.05) is 6.07 Å². The summed E-state index contributed by atoms with van der Waals surface area (Å²) >= 11 is 0. The van der Waals surface area contributed by atoms with E-state index in [1.54, 1.807) is 24.4 Å². The summed E-state index contributed by atoms with van der Waals surface area (Å²) in [7, 11) is 1.86. The SMILES string of the molecule is Cn1c2cc(Oc3cccc(F)n3)ccc2c2cnn(CCN3CCNCC3)c(=O)c21. The zero-order valence-electron chi connectivity index (χ0n) is 17.2. The van der Waals surface area contributed by atoms with Gasteiger partial charge in [0, 0.05) is 62.7 Å². The molecule has 8 nitrogen and oxygen atoms in total. The quantitative estimate of drug-likeness (QED) is 0.497. The lowest BCUT2D eigenvalue weighted by Crippen LogP contribution is -2.45. The van der Waals surface area contributed by atoms with E-state index < -0.39 is 5.95 Å². The van der Waals surface area contributed by atoms with Crippen molar-refractivity contribution in [3.05, 3.63) is 58.9 Å². The molecule has 160 valence electrons. The Hall–Kier alpha value is -3.30. The summed E-state index contributed by atoms with van der Waals surface area (Å²) in [4.78, 5) is 19.2. The largest absolute Gasteiger partial charge is 0.439 e. The molecule has 1 N–H and O–H groups in total. The first kappa shape index (κ1) is 19.7. The van der Waals surface area contributed by atoms with Gasteiger partial charge in [0.2, 0.25) is 11.8 Å². The number of halogens is 1. The van der Waals surface area contributed by atoms with Crippen LogP contribution in [-0.2, 0) is 13.6 Å². The summed E-state index contributed by atoms with van der Waals surface area (Å²) in [6.45, 7) is 5.25. The summed E-state index contributed by atoms with van der Waals surface area (Å²) in [6, 6.07) is 9.90. The Labute approximate surface area is 177 Å². The van der Waals surface area contributed by atoms with Crippen LogP contribution in [0.5, 0.6) is 11.6 Å². The van der Waals surface area contributed by atoms with E-state index >= 15 is 0 Å². The Balaban J connectivity index is 1.48. The standard InChI is InChI=1S/C22H23FN6O2/c1-27-18-13-15(31-20-4-2-3-19(23)26-20)5-6-16(18)17-14-25-29(22(30)21(17)27)12-11-28-9-7-24-8-10-28/h2-6,13-14,24H,7-12H2,1H3. The maximum Gasteiger partial charge on any atom is 0.291 e. The van der Waals surface area contributed by atoms with Crippen molar-refractivity contribution in [1.82, 2.24) is 29.5 Å². The van der Waals surface area contributed by atoms with Crippen molar-refractivity contribution in [3.8, 4) is 11.6 Å². The number of nitrogens with zero attached hydrogens (tertiary/aromatic N) is 5. The Bertz CT molecular complexity index is 1310. The van der Waals surface area contributed by atoms with E-state index in [9.17, 15) is 9.18 Å². The fourth-order valence-corrected chi connectivity index (χ4v) is 4.10. The first-order valence-electron chi connectivity index (χ1n) is 10.3. The summed E-state index contributed by atoms with van der Waals surface area (Å²) in [6.07, 6.45) is 1.76. The minimum absolute atomic E-state index is 0.111. The van der Waals surface area contributed by atoms with Crippen molar-refractivity contribution in [2.75, 3.05) is 32.7 Å². The summed E-state index contributed by atoms with van der Waals surface area (Å²) in [5.74, 6) is 0.0918. The van der Waals surface area contributed by atoms with Crippen molar-refractivity contribution in [3.63, 3.8) is 0 Å². The first-order valence-corrected chi connectivity index (χ1v) is 10.3. The fourth-order valence-electron chi connectivity index (χ4n) is 4.10. The van der Waals surface area contributed by atoms with Crippen LogP contribution in [0.2, 0.25) is 0 Å². The second kappa shape index (κ2) is 8.09. The van der Waals surface area contributed by atoms with Crippen LogP contribution in [0.1, 0.15) is 0 Å². The second-order valence-electron chi connectivity index (χ2n) is 7.67. The molecule has 31 heavy (non-hydrogen) atoms. The molecule has 3 aromatic heterocycles. The molecule has 1 aliphatic rings. The molecule has 0 radical (unpaired) electrons. The maximum atomic E-state index is 13.3. The molecule has 1 aliphatic heterocycles. The number of ether oxygens (including phenoxy) is 1. The molecule has 5 rings (SSSR count). The van der Waals surface area contributed by atoms with Gasteiger partial charge < -0.3 is 14.6 Å². The minimum atomic E-state index is -0.601. The van der Waals surface area contributed by atoms with Gasteiger partial charge in [0.15, 0.2) is 0 Å². The number of hydrogen-bond donors (Lipinski definition) is 1. The predicted molar refractivity (Wildman–Crippen MR) is 116 cm³/mol. The van der Waals surface area contributed by atoms with Crippen LogP contribution in [0.15, 0.2) is 47.4 Å². The van der Waals surface area contributed by atoms with Gasteiger partial charge in [0.25, 0.3) is 5.56 Å². The Morgan fingerprint density at radius 1 is 1.13 bits per heavy atom. The zero-order valence-corrected chi connectivity index (χ0v) is 17.2. The van der Waals surface area contributed by atoms with Crippen LogP contribution in [-0.4, -0.2) is 57.0 Å². The number of fused-ring (bicyclic) bond motifs is 3. The highest BCUT2D eigenvalue weighted by molar-refractivity contribution is 6.07. The number of aryl methyl sites for hydroxylation is 1. The molecule has 0 bridgehead atoms. The first-order chi connectivity index (χ1) is 15.1. The van der Waals surface area contributed by atoms with E-state index in [-0.39, 0.29) is 11.4 Å². The number of benzene rings is 1. The molecule has 0 amide bonds. The molecular formula is C22H23FN6O2. The van der Waals surface area contributed by atoms with Crippen LogP contribution in [0.25, 0.3) is 21.8 Å². The molecule has 4 aromatic rings. The normalized spacial score (nSPS) is 15.0. The van der Waals surface area contributed by atoms with E-state index in [2.05, 4.69) is 20.3 Å². The molecule has 0 atom stereocenters. The molecule has 0 saturated carbocycles. The van der Waals surface area contributed by atoms with Crippen LogP contribution in [0, 0.1) is 5.95 Å². The van der Waals surface area contributed by atoms with Crippen LogP contribution >= 0.6 is 0 Å². The third-order valence-electron chi connectivity index (χ3n) is 5.72. The van der Waals surface area contributed by atoms with Gasteiger partial charge in [0.1, 0.15) is 11.3 Å². The number of piperazine rings is 1. The molecule has 0 unspecified atom stereocenters. The number of aromatic nitrogens is 4. The third-order valence-corrected chi connectivity index (χ3v) is 5.72. The highest BCUT2D eigenvalue weighted by atomic mass is 19.1. The van der Waals surface area contributed by atoms with E-state index in [1.807, 2.05) is 23.7 Å². The summed E-state index contributed by atoms with van der Waals surface area (Å²) in [5, 5.41) is 9.47. The van der Waals surface area contributed by atoms with Gasteiger partial charge in [0.05, 0.1) is 18.3 Å². The van der Waals surface area contributed by atoms with E-state index in [1.165, 1.54) is 10.7 Å². The number of rotatable bonds is 5.